The van der Waals surface area contributed by atoms with Crippen LogP contribution < -0.4 is 0 Å². The maximum Gasteiger partial charge on any atom is 0.0669 e. The summed E-state index contributed by atoms with van der Waals surface area (Å²) in [4.78, 5) is 0. The molecule has 2 rings (SSSR count). The van der Waals surface area contributed by atoms with E-state index in [-0.39, 0.29) is 0 Å². The summed E-state index contributed by atoms with van der Waals surface area (Å²) in [6.07, 6.45) is 4.50. The van der Waals surface area contributed by atoms with E-state index in [0.717, 1.165) is 11.3 Å². The molecule has 1 aromatic carbocycles. The van der Waals surface area contributed by atoms with Crippen molar-refractivity contribution in [3.05, 3.63) is 53.9 Å². The molecule has 0 radical (unpaired) electrons. The quantitative estimate of drug-likeness (QED) is 0.726. The summed E-state index contributed by atoms with van der Waals surface area (Å²) < 4.78 is 2.07. The van der Waals surface area contributed by atoms with Gasteiger partial charge in [-0.25, -0.2) is 0 Å². The van der Waals surface area contributed by atoms with Crippen molar-refractivity contribution in [1.29, 1.82) is 5.26 Å². The van der Waals surface area contributed by atoms with Crippen molar-refractivity contribution in [2.45, 2.75) is 13.3 Å². The third-order valence-electron chi connectivity index (χ3n) is 2.57. The number of hydrogen-bond donors (Lipinski definition) is 0. The molecule has 0 N–H and O–H groups in total. The first-order chi connectivity index (χ1) is 7.33. The largest absolute Gasteiger partial charge is 0.324 e. The maximum absolute atomic E-state index is 8.71. The van der Waals surface area contributed by atoms with Gasteiger partial charge in [0.25, 0.3) is 0 Å². The standard InChI is InChI=1S/C13H12N2/c1-11-12(7-8-14)5-4-6-13(11)15-9-2-3-10-15/h2-6,9-10H,7H2,1H3. The molecule has 1 heterocycles. The minimum atomic E-state index is 0.473. The van der Waals surface area contributed by atoms with Crippen LogP contribution in [0.1, 0.15) is 11.1 Å². The number of nitriles is 1. The van der Waals surface area contributed by atoms with Gasteiger partial charge in [0.05, 0.1) is 12.5 Å². The van der Waals surface area contributed by atoms with Gasteiger partial charge in [-0.3, -0.25) is 0 Å². The number of hydrogen-bond acceptors (Lipinski definition) is 1. The molecule has 2 aromatic rings. The Bertz CT molecular complexity index is 490. The molecule has 0 saturated carbocycles. The zero-order valence-corrected chi connectivity index (χ0v) is 8.64. The zero-order chi connectivity index (χ0) is 10.7. The Labute approximate surface area is 89.4 Å². The lowest BCUT2D eigenvalue weighted by atomic mass is 10.0. The molecule has 2 nitrogen and oxygen atoms in total. The van der Waals surface area contributed by atoms with Crippen LogP contribution in [0.3, 0.4) is 0 Å². The Hall–Kier alpha value is -2.01. The molecule has 0 amide bonds. The summed E-state index contributed by atoms with van der Waals surface area (Å²) in [6, 6.07) is 12.2. The van der Waals surface area contributed by atoms with Gasteiger partial charge in [-0.1, -0.05) is 12.1 Å². The van der Waals surface area contributed by atoms with Crippen molar-refractivity contribution in [2.24, 2.45) is 0 Å². The van der Waals surface area contributed by atoms with Crippen LogP contribution in [-0.2, 0) is 6.42 Å². The van der Waals surface area contributed by atoms with E-state index in [1.165, 1.54) is 5.56 Å². The van der Waals surface area contributed by atoms with Crippen LogP contribution in [0.4, 0.5) is 0 Å². The molecule has 1 aromatic heterocycles. The molecule has 0 atom stereocenters. The number of benzene rings is 1. The second-order valence-electron chi connectivity index (χ2n) is 3.49. The van der Waals surface area contributed by atoms with Gasteiger partial charge in [0.1, 0.15) is 0 Å². The van der Waals surface area contributed by atoms with Gasteiger partial charge < -0.3 is 4.57 Å². The van der Waals surface area contributed by atoms with Crippen LogP contribution in [0.15, 0.2) is 42.7 Å². The van der Waals surface area contributed by atoms with E-state index in [4.69, 9.17) is 5.26 Å². The molecule has 0 fully saturated rings. The van der Waals surface area contributed by atoms with Crippen LogP contribution in [0.2, 0.25) is 0 Å². The van der Waals surface area contributed by atoms with E-state index in [0.29, 0.717) is 6.42 Å². The molecular weight excluding hydrogens is 184 g/mol. The Kier molecular flexibility index (Phi) is 2.55. The predicted octanol–water partition coefficient (Wildman–Crippen LogP) is 2.85. The summed E-state index contributed by atoms with van der Waals surface area (Å²) >= 11 is 0. The van der Waals surface area contributed by atoms with E-state index in [1.54, 1.807) is 0 Å². The topological polar surface area (TPSA) is 28.7 Å². The summed E-state index contributed by atoms with van der Waals surface area (Å²) in [5.74, 6) is 0. The normalized spacial score (nSPS) is 9.87. The highest BCUT2D eigenvalue weighted by atomic mass is 14.9. The third-order valence-corrected chi connectivity index (χ3v) is 2.57. The minimum absolute atomic E-state index is 0.473. The maximum atomic E-state index is 8.71. The summed E-state index contributed by atoms with van der Waals surface area (Å²) in [6.45, 7) is 2.06. The van der Waals surface area contributed by atoms with E-state index < -0.39 is 0 Å². The third kappa shape index (κ3) is 1.77. The van der Waals surface area contributed by atoms with Crippen molar-refractivity contribution in [3.8, 4) is 11.8 Å². The van der Waals surface area contributed by atoms with Crippen LogP contribution >= 0.6 is 0 Å². The molecule has 0 bridgehead atoms. The van der Waals surface area contributed by atoms with E-state index in [2.05, 4.69) is 23.6 Å². The summed E-state index contributed by atoms with van der Waals surface area (Å²) in [5, 5.41) is 8.71. The molecule has 0 saturated heterocycles. The highest BCUT2D eigenvalue weighted by molar-refractivity contribution is 5.46. The van der Waals surface area contributed by atoms with Crippen LogP contribution in [-0.4, -0.2) is 4.57 Å². The predicted molar refractivity (Wildman–Crippen MR) is 59.8 cm³/mol. The number of rotatable bonds is 2. The van der Waals surface area contributed by atoms with Gasteiger partial charge in [0.2, 0.25) is 0 Å². The Morgan fingerprint density at radius 1 is 1.20 bits per heavy atom. The van der Waals surface area contributed by atoms with Crippen molar-refractivity contribution in [3.63, 3.8) is 0 Å². The zero-order valence-electron chi connectivity index (χ0n) is 8.64. The molecule has 0 aliphatic heterocycles. The van der Waals surface area contributed by atoms with Gasteiger partial charge in [-0.05, 0) is 36.2 Å². The van der Waals surface area contributed by atoms with Gasteiger partial charge in [-0.15, -0.1) is 0 Å². The van der Waals surface area contributed by atoms with Crippen molar-refractivity contribution >= 4 is 0 Å². The fourth-order valence-corrected chi connectivity index (χ4v) is 1.72. The number of aromatic nitrogens is 1. The van der Waals surface area contributed by atoms with Crippen molar-refractivity contribution in [1.82, 2.24) is 4.57 Å². The monoisotopic (exact) mass is 196 g/mol. The Morgan fingerprint density at radius 3 is 2.60 bits per heavy atom. The molecule has 2 heteroatoms. The van der Waals surface area contributed by atoms with Crippen molar-refractivity contribution < 1.29 is 0 Å². The van der Waals surface area contributed by atoms with E-state index in [1.807, 2.05) is 36.7 Å². The number of nitrogens with zero attached hydrogens (tertiary/aromatic N) is 2. The Morgan fingerprint density at radius 2 is 1.93 bits per heavy atom. The molecule has 0 spiro atoms. The van der Waals surface area contributed by atoms with Gasteiger partial charge in [-0.2, -0.15) is 5.26 Å². The van der Waals surface area contributed by atoms with Gasteiger partial charge in [0.15, 0.2) is 0 Å². The molecule has 15 heavy (non-hydrogen) atoms. The van der Waals surface area contributed by atoms with E-state index >= 15 is 0 Å². The lowest BCUT2D eigenvalue weighted by Crippen LogP contribution is -1.97. The highest BCUT2D eigenvalue weighted by Crippen LogP contribution is 2.18. The fourth-order valence-electron chi connectivity index (χ4n) is 1.72. The molecule has 0 unspecified atom stereocenters. The molecule has 74 valence electrons. The first-order valence-corrected chi connectivity index (χ1v) is 4.91. The Balaban J connectivity index is 2.50. The fraction of sp³-hybridized carbons (Fsp3) is 0.154. The SMILES string of the molecule is Cc1c(CC#N)cccc1-n1cccc1. The first-order valence-electron chi connectivity index (χ1n) is 4.91. The smallest absolute Gasteiger partial charge is 0.0669 e. The van der Waals surface area contributed by atoms with Crippen molar-refractivity contribution in [2.75, 3.05) is 0 Å². The highest BCUT2D eigenvalue weighted by Gasteiger charge is 2.03. The van der Waals surface area contributed by atoms with Gasteiger partial charge >= 0.3 is 0 Å². The second kappa shape index (κ2) is 4.02. The van der Waals surface area contributed by atoms with Gasteiger partial charge in [0, 0.05) is 18.1 Å². The minimum Gasteiger partial charge on any atom is -0.324 e. The molecule has 0 aliphatic carbocycles. The average molecular weight is 196 g/mol. The van der Waals surface area contributed by atoms with E-state index in [9.17, 15) is 0 Å². The summed E-state index contributed by atoms with van der Waals surface area (Å²) in [5.41, 5.74) is 3.42. The molecular formula is C13H12N2. The summed E-state index contributed by atoms with van der Waals surface area (Å²) in [7, 11) is 0. The second-order valence-corrected chi connectivity index (χ2v) is 3.49. The lowest BCUT2D eigenvalue weighted by molar-refractivity contribution is 1.04. The van der Waals surface area contributed by atoms with Crippen LogP contribution in [0, 0.1) is 18.3 Å². The average Bonchev–Trinajstić information content (AvgIpc) is 2.74. The molecule has 0 aliphatic rings. The lowest BCUT2D eigenvalue weighted by Gasteiger charge is -2.10. The van der Waals surface area contributed by atoms with Crippen LogP contribution in [0.5, 0.6) is 0 Å². The van der Waals surface area contributed by atoms with Crippen LogP contribution in [0.25, 0.3) is 5.69 Å². The first kappa shape index (κ1) is 9.54.